The van der Waals surface area contributed by atoms with Crippen LogP contribution in [0.2, 0.25) is 0 Å². The molecule has 1 aliphatic rings. The standard InChI is InChI=1S/C6H14NP/c1-7(8)5-4-6-2-3-6/h6H,2-5,8H2,1H3. The van der Waals surface area contributed by atoms with E-state index < -0.39 is 0 Å². The maximum absolute atomic E-state index is 2.68. The van der Waals surface area contributed by atoms with Gasteiger partial charge in [0.15, 0.2) is 0 Å². The molecule has 8 heavy (non-hydrogen) atoms. The highest BCUT2D eigenvalue weighted by Gasteiger charge is 2.20. The fraction of sp³-hybridized carbons (Fsp3) is 1.00. The largest absolute Gasteiger partial charge is 0.290 e. The SMILES string of the molecule is CN(P)CCC1CC1. The molecule has 0 heterocycles. The first-order valence-corrected chi connectivity index (χ1v) is 3.76. The summed E-state index contributed by atoms with van der Waals surface area (Å²) in [5.74, 6) is 1.08. The van der Waals surface area contributed by atoms with E-state index in [9.17, 15) is 0 Å². The molecule has 48 valence electrons. The summed E-state index contributed by atoms with van der Waals surface area (Å²) in [6.45, 7) is 1.25. The van der Waals surface area contributed by atoms with Crippen molar-refractivity contribution in [3.05, 3.63) is 0 Å². The van der Waals surface area contributed by atoms with Crippen LogP contribution in [-0.2, 0) is 0 Å². The second kappa shape index (κ2) is 2.80. The van der Waals surface area contributed by atoms with Crippen LogP contribution in [0.25, 0.3) is 0 Å². The lowest BCUT2D eigenvalue weighted by atomic mass is 10.3. The van der Waals surface area contributed by atoms with Gasteiger partial charge in [-0.05, 0) is 19.4 Å². The first kappa shape index (κ1) is 6.51. The minimum Gasteiger partial charge on any atom is -0.290 e. The van der Waals surface area contributed by atoms with Gasteiger partial charge >= 0.3 is 0 Å². The summed E-state index contributed by atoms with van der Waals surface area (Å²) in [5.41, 5.74) is 0. The Labute approximate surface area is 53.7 Å². The van der Waals surface area contributed by atoms with E-state index in [4.69, 9.17) is 0 Å². The Balaban J connectivity index is 1.87. The van der Waals surface area contributed by atoms with Gasteiger partial charge in [-0.3, -0.25) is 4.67 Å². The van der Waals surface area contributed by atoms with Crippen LogP contribution in [0, 0.1) is 5.92 Å². The Hall–Kier alpha value is 0.390. The Morgan fingerprint density at radius 1 is 1.62 bits per heavy atom. The first-order chi connectivity index (χ1) is 3.79. The Kier molecular flexibility index (Phi) is 2.27. The summed E-state index contributed by atoms with van der Waals surface area (Å²) in [6.07, 6.45) is 4.37. The van der Waals surface area contributed by atoms with Crippen molar-refractivity contribution in [1.29, 1.82) is 0 Å². The molecule has 0 aromatic heterocycles. The van der Waals surface area contributed by atoms with Gasteiger partial charge in [-0.25, -0.2) is 0 Å². The van der Waals surface area contributed by atoms with E-state index in [1.54, 1.807) is 0 Å². The number of nitrogens with zero attached hydrogens (tertiary/aromatic N) is 1. The molecular weight excluding hydrogens is 117 g/mol. The van der Waals surface area contributed by atoms with Gasteiger partial charge in [0.1, 0.15) is 0 Å². The predicted octanol–water partition coefficient (Wildman–Crippen LogP) is 1.51. The normalized spacial score (nSPS) is 19.9. The fourth-order valence-corrected chi connectivity index (χ4v) is 0.942. The molecule has 0 N–H and O–H groups in total. The van der Waals surface area contributed by atoms with E-state index in [1.165, 1.54) is 25.8 Å². The van der Waals surface area contributed by atoms with E-state index >= 15 is 0 Å². The highest BCUT2D eigenvalue weighted by molar-refractivity contribution is 7.13. The minimum atomic E-state index is 1.08. The Morgan fingerprint density at radius 3 is 2.62 bits per heavy atom. The van der Waals surface area contributed by atoms with Gasteiger partial charge in [0, 0.05) is 6.54 Å². The molecule has 0 saturated heterocycles. The lowest BCUT2D eigenvalue weighted by molar-refractivity contribution is 0.518. The van der Waals surface area contributed by atoms with E-state index in [0.29, 0.717) is 0 Å². The van der Waals surface area contributed by atoms with Crippen molar-refractivity contribution < 1.29 is 0 Å². The molecule has 0 spiro atoms. The highest BCUT2D eigenvalue weighted by Crippen LogP contribution is 2.32. The fourth-order valence-electron chi connectivity index (χ4n) is 0.793. The molecule has 1 atom stereocenters. The van der Waals surface area contributed by atoms with Gasteiger partial charge in [0.25, 0.3) is 0 Å². The minimum absolute atomic E-state index is 1.08. The maximum atomic E-state index is 2.68. The Bertz CT molecular complexity index is 66.9. The molecule has 1 unspecified atom stereocenters. The van der Waals surface area contributed by atoms with Crippen molar-refractivity contribution in [2.24, 2.45) is 5.92 Å². The molecule has 0 aromatic rings. The summed E-state index contributed by atoms with van der Waals surface area (Å²) in [7, 11) is 4.79. The average Bonchev–Trinajstić information content (AvgIpc) is 2.41. The van der Waals surface area contributed by atoms with E-state index in [0.717, 1.165) is 5.92 Å². The van der Waals surface area contributed by atoms with Gasteiger partial charge in [-0.15, -0.1) is 0 Å². The molecule has 0 aromatic carbocycles. The zero-order valence-corrected chi connectivity index (χ0v) is 6.59. The lowest BCUT2D eigenvalue weighted by Gasteiger charge is -2.06. The molecule has 1 saturated carbocycles. The Morgan fingerprint density at radius 2 is 2.25 bits per heavy atom. The average molecular weight is 131 g/mol. The van der Waals surface area contributed by atoms with Crippen LogP contribution in [0.1, 0.15) is 19.3 Å². The molecule has 0 amide bonds. The molecule has 0 radical (unpaired) electrons. The zero-order valence-electron chi connectivity index (χ0n) is 5.43. The predicted molar refractivity (Wildman–Crippen MR) is 39.7 cm³/mol. The van der Waals surface area contributed by atoms with Gasteiger partial charge in [-0.1, -0.05) is 22.2 Å². The van der Waals surface area contributed by atoms with E-state index in [1.807, 2.05) is 0 Å². The van der Waals surface area contributed by atoms with Gasteiger partial charge < -0.3 is 0 Å². The van der Waals surface area contributed by atoms with Crippen LogP contribution in [0.15, 0.2) is 0 Å². The zero-order chi connectivity index (χ0) is 5.98. The molecule has 1 nitrogen and oxygen atoms in total. The monoisotopic (exact) mass is 131 g/mol. The van der Waals surface area contributed by atoms with Crippen molar-refractivity contribution in [3.63, 3.8) is 0 Å². The van der Waals surface area contributed by atoms with Gasteiger partial charge in [-0.2, -0.15) is 0 Å². The van der Waals surface area contributed by atoms with E-state index in [2.05, 4.69) is 21.1 Å². The summed E-state index contributed by atoms with van der Waals surface area (Å²) in [6, 6.07) is 0. The topological polar surface area (TPSA) is 3.24 Å². The summed E-state index contributed by atoms with van der Waals surface area (Å²) >= 11 is 0. The van der Waals surface area contributed by atoms with Gasteiger partial charge in [0.2, 0.25) is 0 Å². The van der Waals surface area contributed by atoms with Crippen LogP contribution in [0.5, 0.6) is 0 Å². The molecule has 1 aliphatic carbocycles. The third-order valence-corrected chi connectivity index (χ3v) is 1.85. The van der Waals surface area contributed by atoms with Crippen LogP contribution in [0.3, 0.4) is 0 Å². The molecule has 0 aliphatic heterocycles. The second-order valence-electron chi connectivity index (χ2n) is 2.71. The highest BCUT2D eigenvalue weighted by atomic mass is 31.0. The van der Waals surface area contributed by atoms with Crippen LogP contribution >= 0.6 is 9.39 Å². The molecule has 0 bridgehead atoms. The summed E-state index contributed by atoms with van der Waals surface area (Å²) < 4.78 is 2.18. The van der Waals surface area contributed by atoms with Crippen molar-refractivity contribution in [3.8, 4) is 0 Å². The molecule has 1 rings (SSSR count). The molecule has 2 heteroatoms. The third kappa shape index (κ3) is 2.64. The molecule has 1 fully saturated rings. The lowest BCUT2D eigenvalue weighted by Crippen LogP contribution is -2.05. The van der Waals surface area contributed by atoms with Crippen LogP contribution < -0.4 is 0 Å². The second-order valence-corrected chi connectivity index (χ2v) is 3.59. The van der Waals surface area contributed by atoms with Crippen molar-refractivity contribution in [1.82, 2.24) is 4.67 Å². The van der Waals surface area contributed by atoms with Gasteiger partial charge in [0.05, 0.1) is 0 Å². The summed E-state index contributed by atoms with van der Waals surface area (Å²) in [4.78, 5) is 0. The van der Waals surface area contributed by atoms with Crippen molar-refractivity contribution >= 4 is 9.39 Å². The van der Waals surface area contributed by atoms with Crippen LogP contribution in [0.4, 0.5) is 0 Å². The smallest absolute Gasteiger partial charge is 0.00157 e. The van der Waals surface area contributed by atoms with Crippen molar-refractivity contribution in [2.75, 3.05) is 13.6 Å². The maximum Gasteiger partial charge on any atom is 0.00157 e. The molecular formula is C6H14NP. The number of hydrogen-bond acceptors (Lipinski definition) is 1. The quantitative estimate of drug-likeness (QED) is 0.525. The number of rotatable bonds is 3. The van der Waals surface area contributed by atoms with E-state index in [-0.39, 0.29) is 0 Å². The van der Waals surface area contributed by atoms with Crippen molar-refractivity contribution in [2.45, 2.75) is 19.3 Å². The summed E-state index contributed by atoms with van der Waals surface area (Å²) in [5, 5.41) is 0. The third-order valence-electron chi connectivity index (χ3n) is 1.59. The van der Waals surface area contributed by atoms with Crippen LogP contribution in [-0.4, -0.2) is 18.3 Å². The number of hydrogen-bond donors (Lipinski definition) is 0. The first-order valence-electron chi connectivity index (χ1n) is 3.25.